The van der Waals surface area contributed by atoms with E-state index >= 15 is 0 Å². The lowest BCUT2D eigenvalue weighted by molar-refractivity contribution is 0.355. The van der Waals surface area contributed by atoms with Gasteiger partial charge >= 0.3 is 0 Å². The van der Waals surface area contributed by atoms with Gasteiger partial charge in [-0.05, 0) is 24.6 Å². The van der Waals surface area contributed by atoms with Crippen molar-refractivity contribution in [3.8, 4) is 23.0 Å². The van der Waals surface area contributed by atoms with Crippen LogP contribution >= 0.6 is 0 Å². The minimum Gasteiger partial charge on any atom is -0.493 e. The highest BCUT2D eigenvalue weighted by Crippen LogP contribution is 2.38. The van der Waals surface area contributed by atoms with Crippen molar-refractivity contribution in [3.63, 3.8) is 0 Å². The lowest BCUT2D eigenvalue weighted by Crippen LogP contribution is -1.96. The molecule has 1 aromatic heterocycles. The third-order valence-corrected chi connectivity index (χ3v) is 4.05. The topological polar surface area (TPSA) is 49.8 Å². The van der Waals surface area contributed by atoms with Crippen LogP contribution in [0.5, 0.6) is 23.0 Å². The summed E-state index contributed by atoms with van der Waals surface area (Å²) in [5, 5.41) is 2.03. The molecule has 0 aliphatic heterocycles. The molecule has 0 amide bonds. The number of hydrogen-bond donors (Lipinski definition) is 0. The third kappa shape index (κ3) is 2.38. The van der Waals surface area contributed by atoms with Gasteiger partial charge in [-0.3, -0.25) is 0 Å². The highest BCUT2D eigenvalue weighted by Gasteiger charge is 2.14. The van der Waals surface area contributed by atoms with Crippen molar-refractivity contribution >= 4 is 21.8 Å². The molecule has 3 aromatic rings. The summed E-state index contributed by atoms with van der Waals surface area (Å²) in [6.07, 6.45) is 0. The highest BCUT2D eigenvalue weighted by atomic mass is 16.5. The van der Waals surface area contributed by atoms with Crippen LogP contribution in [0.15, 0.2) is 24.3 Å². The lowest BCUT2D eigenvalue weighted by atomic mass is 10.0. The first-order valence-electron chi connectivity index (χ1n) is 7.21. The van der Waals surface area contributed by atoms with E-state index in [2.05, 4.69) is 6.92 Å². The van der Waals surface area contributed by atoms with E-state index in [1.54, 1.807) is 28.4 Å². The molecule has 120 valence electrons. The third-order valence-electron chi connectivity index (χ3n) is 4.05. The van der Waals surface area contributed by atoms with E-state index in [0.29, 0.717) is 23.0 Å². The van der Waals surface area contributed by atoms with Crippen LogP contribution in [0.25, 0.3) is 21.8 Å². The highest BCUT2D eigenvalue weighted by molar-refractivity contribution is 5.99. The Labute approximate surface area is 134 Å². The van der Waals surface area contributed by atoms with Gasteiger partial charge in [0.1, 0.15) is 0 Å². The molecular formula is C18H19NO4. The molecule has 5 heteroatoms. The minimum atomic E-state index is 0.659. The van der Waals surface area contributed by atoms with Gasteiger partial charge in [0.2, 0.25) is 0 Å². The molecule has 0 unspecified atom stereocenters. The van der Waals surface area contributed by atoms with Crippen molar-refractivity contribution in [1.29, 1.82) is 0 Å². The van der Waals surface area contributed by atoms with Gasteiger partial charge in [-0.1, -0.05) is 0 Å². The van der Waals surface area contributed by atoms with Crippen LogP contribution in [0.4, 0.5) is 0 Å². The van der Waals surface area contributed by atoms with Crippen LogP contribution < -0.4 is 18.9 Å². The van der Waals surface area contributed by atoms with Gasteiger partial charge in [0, 0.05) is 22.9 Å². The molecule has 2 aromatic carbocycles. The zero-order valence-electron chi connectivity index (χ0n) is 13.9. The first-order valence-corrected chi connectivity index (χ1v) is 7.21. The quantitative estimate of drug-likeness (QED) is 0.687. The van der Waals surface area contributed by atoms with Crippen molar-refractivity contribution in [3.05, 3.63) is 29.8 Å². The molecule has 23 heavy (non-hydrogen) atoms. The number of ether oxygens (including phenoxy) is 4. The predicted molar refractivity (Wildman–Crippen MR) is 90.2 cm³/mol. The Balaban J connectivity index is 2.39. The number of aryl methyl sites for hydroxylation is 1. The average molecular weight is 313 g/mol. The zero-order valence-corrected chi connectivity index (χ0v) is 13.9. The molecule has 0 saturated carbocycles. The molecule has 0 aliphatic carbocycles. The molecule has 5 nitrogen and oxygen atoms in total. The number of pyridine rings is 1. The summed E-state index contributed by atoms with van der Waals surface area (Å²) in [4.78, 5) is 4.74. The summed E-state index contributed by atoms with van der Waals surface area (Å²) in [5.41, 5.74) is 2.80. The SMILES string of the molecule is COc1cc2nc3cc(OC)c(OC)cc3c(C)c2cc1OC. The second kappa shape index (κ2) is 5.83. The molecule has 3 rings (SSSR count). The molecule has 0 atom stereocenters. The monoisotopic (exact) mass is 313 g/mol. The summed E-state index contributed by atoms with van der Waals surface area (Å²) in [6.45, 7) is 2.06. The second-order valence-corrected chi connectivity index (χ2v) is 5.19. The van der Waals surface area contributed by atoms with E-state index in [-0.39, 0.29) is 0 Å². The van der Waals surface area contributed by atoms with Crippen LogP contribution in [0, 0.1) is 6.92 Å². The Morgan fingerprint density at radius 1 is 0.609 bits per heavy atom. The van der Waals surface area contributed by atoms with E-state index in [9.17, 15) is 0 Å². The van der Waals surface area contributed by atoms with E-state index < -0.39 is 0 Å². The molecule has 1 heterocycles. The molecule has 0 spiro atoms. The van der Waals surface area contributed by atoms with E-state index in [1.165, 1.54) is 0 Å². The van der Waals surface area contributed by atoms with E-state index in [0.717, 1.165) is 27.4 Å². The van der Waals surface area contributed by atoms with Crippen LogP contribution in [-0.2, 0) is 0 Å². The Bertz CT molecular complexity index is 819. The van der Waals surface area contributed by atoms with Gasteiger partial charge in [-0.25, -0.2) is 4.98 Å². The van der Waals surface area contributed by atoms with Gasteiger partial charge in [-0.2, -0.15) is 0 Å². The fourth-order valence-corrected chi connectivity index (χ4v) is 2.80. The Morgan fingerprint density at radius 2 is 0.957 bits per heavy atom. The molecule has 0 fully saturated rings. The lowest BCUT2D eigenvalue weighted by Gasteiger charge is -2.14. The number of fused-ring (bicyclic) bond motifs is 2. The van der Waals surface area contributed by atoms with E-state index in [1.807, 2.05) is 24.3 Å². The Morgan fingerprint density at radius 3 is 1.30 bits per heavy atom. The number of aromatic nitrogens is 1. The fourth-order valence-electron chi connectivity index (χ4n) is 2.80. The average Bonchev–Trinajstić information content (AvgIpc) is 2.59. The summed E-state index contributed by atoms with van der Waals surface area (Å²) in [5.74, 6) is 2.69. The Hall–Kier alpha value is -2.69. The molecule has 0 radical (unpaired) electrons. The maximum absolute atomic E-state index is 5.40. The molecule has 0 aliphatic rings. The first-order chi connectivity index (χ1) is 11.1. The predicted octanol–water partition coefficient (Wildman–Crippen LogP) is 3.73. The standard InChI is InChI=1S/C18H19NO4/c1-10-11-6-15(20-2)17(22-4)8-13(11)19-14-9-18(23-5)16(21-3)7-12(10)14/h6-9H,1-5H3. The smallest absolute Gasteiger partial charge is 0.162 e. The first kappa shape index (κ1) is 15.2. The van der Waals surface area contributed by atoms with Crippen molar-refractivity contribution < 1.29 is 18.9 Å². The van der Waals surface area contributed by atoms with Crippen LogP contribution in [-0.4, -0.2) is 33.4 Å². The van der Waals surface area contributed by atoms with Gasteiger partial charge in [0.05, 0.1) is 39.5 Å². The molecule has 0 bridgehead atoms. The number of hydrogen-bond acceptors (Lipinski definition) is 5. The number of nitrogens with zero attached hydrogens (tertiary/aromatic N) is 1. The summed E-state index contributed by atoms with van der Waals surface area (Å²) in [6, 6.07) is 7.67. The fraction of sp³-hybridized carbons (Fsp3) is 0.278. The number of benzene rings is 2. The summed E-state index contributed by atoms with van der Waals surface area (Å²) in [7, 11) is 6.49. The Kier molecular flexibility index (Phi) is 3.86. The van der Waals surface area contributed by atoms with Crippen LogP contribution in [0.1, 0.15) is 5.56 Å². The van der Waals surface area contributed by atoms with E-state index in [4.69, 9.17) is 23.9 Å². The minimum absolute atomic E-state index is 0.659. The van der Waals surface area contributed by atoms with Gasteiger partial charge in [0.25, 0.3) is 0 Å². The van der Waals surface area contributed by atoms with Crippen molar-refractivity contribution in [1.82, 2.24) is 4.98 Å². The normalized spacial score (nSPS) is 10.8. The molecule has 0 N–H and O–H groups in total. The van der Waals surface area contributed by atoms with Crippen molar-refractivity contribution in [2.75, 3.05) is 28.4 Å². The maximum atomic E-state index is 5.40. The molecule has 0 saturated heterocycles. The maximum Gasteiger partial charge on any atom is 0.162 e. The van der Waals surface area contributed by atoms with Crippen LogP contribution in [0.2, 0.25) is 0 Å². The van der Waals surface area contributed by atoms with Crippen molar-refractivity contribution in [2.45, 2.75) is 6.92 Å². The summed E-state index contributed by atoms with van der Waals surface area (Å²) >= 11 is 0. The second-order valence-electron chi connectivity index (χ2n) is 5.19. The number of methoxy groups -OCH3 is 4. The largest absolute Gasteiger partial charge is 0.493 e. The summed E-state index contributed by atoms with van der Waals surface area (Å²) < 4.78 is 21.5. The molecular weight excluding hydrogens is 294 g/mol. The number of rotatable bonds is 4. The van der Waals surface area contributed by atoms with Gasteiger partial charge in [-0.15, -0.1) is 0 Å². The van der Waals surface area contributed by atoms with Crippen molar-refractivity contribution in [2.24, 2.45) is 0 Å². The zero-order chi connectivity index (χ0) is 16.6. The van der Waals surface area contributed by atoms with Crippen LogP contribution in [0.3, 0.4) is 0 Å². The van der Waals surface area contributed by atoms with Gasteiger partial charge in [0.15, 0.2) is 23.0 Å². The van der Waals surface area contributed by atoms with Gasteiger partial charge < -0.3 is 18.9 Å².